The molecule has 6 heteroatoms. The first-order chi connectivity index (χ1) is 12.4. The van der Waals surface area contributed by atoms with Crippen LogP contribution < -0.4 is 10.2 Å². The van der Waals surface area contributed by atoms with Crippen molar-refractivity contribution >= 4 is 39.2 Å². The maximum absolute atomic E-state index is 12.9. The van der Waals surface area contributed by atoms with Gasteiger partial charge in [0, 0.05) is 17.1 Å². The number of hydrogen-bond donors (Lipinski definition) is 2. The molecule has 0 bridgehead atoms. The Kier molecular flexibility index (Phi) is 5.13. The molecular weight excluding hydrogens is 396 g/mol. The summed E-state index contributed by atoms with van der Waals surface area (Å²) in [5, 5.41) is 13.1. The van der Waals surface area contributed by atoms with Gasteiger partial charge in [0.1, 0.15) is 5.76 Å². The molecule has 2 N–H and O–H groups in total. The summed E-state index contributed by atoms with van der Waals surface area (Å²) in [5.74, 6) is -0.844. The van der Waals surface area contributed by atoms with Gasteiger partial charge in [0.25, 0.3) is 5.91 Å². The lowest BCUT2D eigenvalue weighted by atomic mass is 10.1. The molecule has 134 valence electrons. The minimum Gasteiger partial charge on any atom is -0.507 e. The number of nitrogens with one attached hydrogen (secondary N) is 1. The van der Waals surface area contributed by atoms with Crippen molar-refractivity contribution in [3.8, 4) is 0 Å². The van der Waals surface area contributed by atoms with Crippen molar-refractivity contribution in [3.05, 3.63) is 69.2 Å². The number of amides is 2. The number of aliphatic hydroxyl groups is 1. The zero-order valence-corrected chi connectivity index (χ0v) is 16.1. The number of nitrogens with zero attached hydrogens (tertiary/aromatic N) is 1. The van der Waals surface area contributed by atoms with E-state index < -0.39 is 5.91 Å². The molecule has 0 saturated heterocycles. The first-order valence-electron chi connectivity index (χ1n) is 8.21. The number of para-hydroxylation sites is 1. The van der Waals surface area contributed by atoms with Crippen LogP contribution in [0.15, 0.2) is 52.5 Å². The minimum atomic E-state index is -0.453. The average molecular weight is 415 g/mol. The Bertz CT molecular complexity index is 921. The van der Waals surface area contributed by atoms with Crippen LogP contribution in [-0.4, -0.2) is 24.0 Å². The monoisotopic (exact) mass is 414 g/mol. The highest BCUT2D eigenvalue weighted by atomic mass is 79.9. The molecule has 1 aliphatic rings. The molecule has 3 rings (SSSR count). The average Bonchev–Trinajstić information content (AvgIpc) is 2.74. The van der Waals surface area contributed by atoms with E-state index in [-0.39, 0.29) is 23.7 Å². The maximum Gasteiger partial charge on any atom is 0.251 e. The Morgan fingerprint density at radius 3 is 2.69 bits per heavy atom. The minimum absolute atomic E-state index is 0.0811. The van der Waals surface area contributed by atoms with E-state index in [0.717, 1.165) is 15.6 Å². The summed E-state index contributed by atoms with van der Waals surface area (Å²) in [5.41, 5.74) is 3.21. The molecule has 0 atom stereocenters. The summed E-state index contributed by atoms with van der Waals surface area (Å²) < 4.78 is 0.970. The Hall–Kier alpha value is -2.60. The normalized spacial score (nSPS) is 14.1. The molecule has 1 heterocycles. The second kappa shape index (κ2) is 7.33. The largest absolute Gasteiger partial charge is 0.507 e. The van der Waals surface area contributed by atoms with Crippen LogP contribution in [0.5, 0.6) is 0 Å². The Morgan fingerprint density at radius 1 is 1.27 bits per heavy atom. The van der Waals surface area contributed by atoms with Gasteiger partial charge in [0.05, 0.1) is 24.2 Å². The summed E-state index contributed by atoms with van der Waals surface area (Å²) in [4.78, 5) is 26.6. The Labute approximate surface area is 160 Å². The number of likely N-dealkylation sites (N-methyl/N-ethyl adjacent to an activating group) is 1. The van der Waals surface area contributed by atoms with Crippen molar-refractivity contribution in [2.75, 3.05) is 11.9 Å². The number of carbonyl (C=O) groups is 2. The first-order valence-corrected chi connectivity index (χ1v) is 9.00. The summed E-state index contributed by atoms with van der Waals surface area (Å²) in [6, 6.07) is 13.0. The van der Waals surface area contributed by atoms with Gasteiger partial charge in [-0.3, -0.25) is 9.59 Å². The molecule has 0 aromatic heterocycles. The Balaban J connectivity index is 2.06. The molecule has 2 aromatic carbocycles. The van der Waals surface area contributed by atoms with Crippen LogP contribution in [0.2, 0.25) is 0 Å². The smallest absolute Gasteiger partial charge is 0.251 e. The van der Waals surface area contributed by atoms with E-state index in [0.29, 0.717) is 17.8 Å². The molecule has 2 aromatic rings. The van der Waals surface area contributed by atoms with Crippen molar-refractivity contribution in [2.45, 2.75) is 19.9 Å². The molecular formula is C20H19BrN2O3. The number of aryl methyl sites for hydroxylation is 1. The molecule has 0 fully saturated rings. The fourth-order valence-electron chi connectivity index (χ4n) is 2.97. The number of anilines is 1. The molecule has 0 aliphatic carbocycles. The van der Waals surface area contributed by atoms with Crippen LogP contribution in [0.3, 0.4) is 0 Å². The zero-order valence-electron chi connectivity index (χ0n) is 14.5. The highest BCUT2D eigenvalue weighted by Gasteiger charge is 2.30. The molecule has 1 aliphatic heterocycles. The lowest BCUT2D eigenvalue weighted by molar-refractivity contribution is -0.121. The molecule has 0 spiro atoms. The third-order valence-electron chi connectivity index (χ3n) is 4.44. The van der Waals surface area contributed by atoms with E-state index in [1.807, 2.05) is 31.2 Å². The van der Waals surface area contributed by atoms with E-state index in [1.54, 1.807) is 23.1 Å². The number of rotatable bonds is 3. The maximum atomic E-state index is 12.9. The van der Waals surface area contributed by atoms with Gasteiger partial charge in [-0.25, -0.2) is 0 Å². The van der Waals surface area contributed by atoms with Crippen molar-refractivity contribution in [3.63, 3.8) is 0 Å². The van der Waals surface area contributed by atoms with Crippen molar-refractivity contribution < 1.29 is 14.7 Å². The van der Waals surface area contributed by atoms with Crippen LogP contribution in [0.25, 0.3) is 5.76 Å². The highest BCUT2D eigenvalue weighted by Crippen LogP contribution is 2.34. The van der Waals surface area contributed by atoms with Gasteiger partial charge in [0.15, 0.2) is 0 Å². The predicted molar refractivity (Wildman–Crippen MR) is 105 cm³/mol. The zero-order chi connectivity index (χ0) is 18.8. The van der Waals surface area contributed by atoms with Crippen LogP contribution in [0.4, 0.5) is 5.69 Å². The lowest BCUT2D eigenvalue weighted by Gasteiger charge is -2.23. The van der Waals surface area contributed by atoms with E-state index >= 15 is 0 Å². The van der Waals surface area contributed by atoms with Gasteiger partial charge in [-0.2, -0.15) is 0 Å². The van der Waals surface area contributed by atoms with E-state index in [9.17, 15) is 14.7 Å². The quantitative estimate of drug-likeness (QED) is 0.803. The SMILES string of the molecule is CNC(=O)C1=C(O)c2ccccc2N(Cc2ccc(C)c(Br)c2)C(=O)C1. The number of benzene rings is 2. The van der Waals surface area contributed by atoms with Crippen LogP contribution >= 0.6 is 15.9 Å². The van der Waals surface area contributed by atoms with E-state index in [1.165, 1.54) is 7.05 Å². The molecule has 0 unspecified atom stereocenters. The number of carbonyl (C=O) groups excluding carboxylic acids is 2. The summed E-state index contributed by atoms with van der Waals surface area (Å²) in [6.07, 6.45) is -0.160. The third-order valence-corrected chi connectivity index (χ3v) is 5.30. The number of fused-ring (bicyclic) bond motifs is 1. The van der Waals surface area contributed by atoms with E-state index in [2.05, 4.69) is 21.2 Å². The van der Waals surface area contributed by atoms with Crippen LogP contribution in [0.1, 0.15) is 23.1 Å². The number of halogens is 1. The fourth-order valence-corrected chi connectivity index (χ4v) is 3.39. The van der Waals surface area contributed by atoms with Crippen molar-refractivity contribution in [2.24, 2.45) is 0 Å². The van der Waals surface area contributed by atoms with Gasteiger partial charge in [-0.05, 0) is 36.2 Å². The molecule has 26 heavy (non-hydrogen) atoms. The molecule has 0 radical (unpaired) electrons. The number of hydrogen-bond acceptors (Lipinski definition) is 3. The van der Waals surface area contributed by atoms with Gasteiger partial charge in [-0.1, -0.05) is 40.2 Å². The van der Waals surface area contributed by atoms with E-state index in [4.69, 9.17) is 0 Å². The second-order valence-electron chi connectivity index (χ2n) is 6.16. The summed E-state index contributed by atoms with van der Waals surface area (Å²) in [7, 11) is 1.48. The van der Waals surface area contributed by atoms with Gasteiger partial charge < -0.3 is 15.3 Å². The summed E-state index contributed by atoms with van der Waals surface area (Å²) >= 11 is 3.52. The van der Waals surface area contributed by atoms with Crippen LogP contribution in [-0.2, 0) is 16.1 Å². The predicted octanol–water partition coefficient (Wildman–Crippen LogP) is 3.71. The number of aliphatic hydroxyl groups excluding tert-OH is 1. The second-order valence-corrected chi connectivity index (χ2v) is 7.02. The fraction of sp³-hybridized carbons (Fsp3) is 0.200. The van der Waals surface area contributed by atoms with Crippen LogP contribution in [0, 0.1) is 6.92 Å². The molecule has 0 saturated carbocycles. The molecule has 2 amide bonds. The highest BCUT2D eigenvalue weighted by molar-refractivity contribution is 9.10. The van der Waals surface area contributed by atoms with Crippen molar-refractivity contribution in [1.29, 1.82) is 0 Å². The lowest BCUT2D eigenvalue weighted by Crippen LogP contribution is -2.31. The molecule has 5 nitrogen and oxygen atoms in total. The topological polar surface area (TPSA) is 69.6 Å². The van der Waals surface area contributed by atoms with Crippen molar-refractivity contribution in [1.82, 2.24) is 5.32 Å². The van der Waals surface area contributed by atoms with Gasteiger partial charge in [0.2, 0.25) is 5.91 Å². The van der Waals surface area contributed by atoms with Gasteiger partial charge >= 0.3 is 0 Å². The summed E-state index contributed by atoms with van der Waals surface area (Å²) in [6.45, 7) is 2.35. The van der Waals surface area contributed by atoms with Gasteiger partial charge in [-0.15, -0.1) is 0 Å². The standard InChI is InChI=1S/C20H19BrN2O3/c1-12-7-8-13(9-16(12)21)11-23-17-6-4-3-5-14(17)19(25)15(10-18(23)24)20(26)22-2/h3-9,25H,10-11H2,1-2H3,(H,22,26). The Morgan fingerprint density at radius 2 is 2.00 bits per heavy atom. The first kappa shape index (κ1) is 18.2. The third kappa shape index (κ3) is 3.37.